The summed E-state index contributed by atoms with van der Waals surface area (Å²) in [5, 5.41) is 0. The van der Waals surface area contributed by atoms with E-state index in [2.05, 4.69) is 13.5 Å². The lowest BCUT2D eigenvalue weighted by atomic mass is 9.97. The molecule has 74 valence electrons. The predicted octanol–water partition coefficient (Wildman–Crippen LogP) is 1.53. The van der Waals surface area contributed by atoms with Gasteiger partial charge in [-0.3, -0.25) is 0 Å². The van der Waals surface area contributed by atoms with Crippen molar-refractivity contribution in [2.45, 2.75) is 26.4 Å². The molecule has 1 heterocycles. The molecule has 1 saturated heterocycles. The van der Waals surface area contributed by atoms with E-state index in [1.165, 1.54) is 0 Å². The Balaban J connectivity index is 2.19. The van der Waals surface area contributed by atoms with Gasteiger partial charge in [0.1, 0.15) is 0 Å². The molecule has 0 aromatic heterocycles. The number of hydrogen-bond acceptors (Lipinski definition) is 3. The van der Waals surface area contributed by atoms with Gasteiger partial charge in [-0.2, -0.15) is 0 Å². The quantitative estimate of drug-likeness (QED) is 0.491. The van der Waals surface area contributed by atoms with E-state index in [-0.39, 0.29) is 12.1 Å². The van der Waals surface area contributed by atoms with Crippen molar-refractivity contribution >= 4 is 5.97 Å². The van der Waals surface area contributed by atoms with E-state index in [1.807, 2.05) is 0 Å². The molecule has 0 N–H and O–H groups in total. The van der Waals surface area contributed by atoms with Crippen molar-refractivity contribution in [2.24, 2.45) is 5.92 Å². The van der Waals surface area contributed by atoms with E-state index in [4.69, 9.17) is 9.47 Å². The number of hydrogen-bond donors (Lipinski definition) is 0. The second-order valence-corrected chi connectivity index (χ2v) is 3.42. The monoisotopic (exact) mass is 184 g/mol. The molecular weight excluding hydrogens is 168 g/mol. The first kappa shape index (κ1) is 10.3. The lowest BCUT2D eigenvalue weighted by molar-refractivity contribution is -0.159. The lowest BCUT2D eigenvalue weighted by Gasteiger charge is -2.35. The fraction of sp³-hybridized carbons (Fsp3) is 0.700. The molecule has 0 amide bonds. The summed E-state index contributed by atoms with van der Waals surface area (Å²) < 4.78 is 10.3. The van der Waals surface area contributed by atoms with Gasteiger partial charge in [0.15, 0.2) is 0 Å². The summed E-state index contributed by atoms with van der Waals surface area (Å²) in [6.45, 7) is 8.40. The molecule has 0 spiro atoms. The molecule has 1 rings (SSSR count). The number of carbonyl (C=O) groups is 1. The van der Waals surface area contributed by atoms with E-state index in [1.54, 1.807) is 6.92 Å². The summed E-state index contributed by atoms with van der Waals surface area (Å²) in [5.74, 6) is 0.0788. The molecule has 13 heavy (non-hydrogen) atoms. The third-order valence-corrected chi connectivity index (χ3v) is 2.23. The Morgan fingerprint density at radius 1 is 1.69 bits per heavy atom. The van der Waals surface area contributed by atoms with Gasteiger partial charge in [0.05, 0.1) is 19.3 Å². The van der Waals surface area contributed by atoms with Crippen LogP contribution in [0.3, 0.4) is 0 Å². The third-order valence-electron chi connectivity index (χ3n) is 2.23. The average molecular weight is 184 g/mol. The fourth-order valence-corrected chi connectivity index (χ4v) is 1.28. The van der Waals surface area contributed by atoms with Crippen molar-refractivity contribution < 1.29 is 14.3 Å². The van der Waals surface area contributed by atoms with Crippen molar-refractivity contribution in [3.05, 3.63) is 12.2 Å². The van der Waals surface area contributed by atoms with Crippen LogP contribution in [-0.2, 0) is 14.3 Å². The van der Waals surface area contributed by atoms with Crippen LogP contribution in [0, 0.1) is 5.92 Å². The van der Waals surface area contributed by atoms with Gasteiger partial charge in [-0.1, -0.05) is 13.5 Å². The van der Waals surface area contributed by atoms with Gasteiger partial charge in [0.25, 0.3) is 0 Å². The largest absolute Gasteiger partial charge is 0.462 e. The first-order valence-electron chi connectivity index (χ1n) is 4.59. The van der Waals surface area contributed by atoms with Crippen molar-refractivity contribution in [3.8, 4) is 0 Å². The van der Waals surface area contributed by atoms with Gasteiger partial charge < -0.3 is 9.47 Å². The highest BCUT2D eigenvalue weighted by Crippen LogP contribution is 2.23. The molecule has 3 nitrogen and oxygen atoms in total. The SMILES string of the molecule is C=C(C)C(=O)OCC1COC1CC. The molecule has 1 fully saturated rings. The molecule has 2 unspecified atom stereocenters. The maximum atomic E-state index is 11.0. The summed E-state index contributed by atoms with van der Waals surface area (Å²) in [7, 11) is 0. The molecular formula is C10H16O3. The predicted molar refractivity (Wildman–Crippen MR) is 49.3 cm³/mol. The minimum absolute atomic E-state index is 0.276. The number of esters is 1. The van der Waals surface area contributed by atoms with E-state index < -0.39 is 0 Å². The molecule has 0 radical (unpaired) electrons. The van der Waals surface area contributed by atoms with Crippen LogP contribution >= 0.6 is 0 Å². The Kier molecular flexibility index (Phi) is 3.48. The van der Waals surface area contributed by atoms with Crippen molar-refractivity contribution in [1.29, 1.82) is 0 Å². The van der Waals surface area contributed by atoms with Crippen molar-refractivity contribution in [2.75, 3.05) is 13.2 Å². The third kappa shape index (κ3) is 2.56. The summed E-state index contributed by atoms with van der Waals surface area (Å²) in [5.41, 5.74) is 0.452. The normalized spacial score (nSPS) is 26.3. The first-order valence-corrected chi connectivity index (χ1v) is 4.59. The number of rotatable bonds is 4. The van der Waals surface area contributed by atoms with Gasteiger partial charge in [0.2, 0.25) is 0 Å². The highest BCUT2D eigenvalue weighted by atomic mass is 16.5. The van der Waals surface area contributed by atoms with Gasteiger partial charge >= 0.3 is 5.97 Å². The molecule has 1 aliphatic heterocycles. The van der Waals surface area contributed by atoms with E-state index in [0.29, 0.717) is 24.7 Å². The zero-order valence-electron chi connectivity index (χ0n) is 8.21. The molecule has 2 atom stereocenters. The van der Waals surface area contributed by atoms with E-state index in [0.717, 1.165) is 6.42 Å². The van der Waals surface area contributed by atoms with Crippen LogP contribution in [0.5, 0.6) is 0 Å². The van der Waals surface area contributed by atoms with E-state index in [9.17, 15) is 4.79 Å². The summed E-state index contributed by atoms with van der Waals surface area (Å²) in [4.78, 5) is 11.0. The highest BCUT2D eigenvalue weighted by Gasteiger charge is 2.31. The standard InChI is InChI=1S/C10H16O3/c1-4-9-8(5-12-9)6-13-10(11)7(2)3/h8-9H,2,4-6H2,1,3H3. The Morgan fingerprint density at radius 2 is 2.38 bits per heavy atom. The Hall–Kier alpha value is -0.830. The summed E-state index contributed by atoms with van der Waals surface area (Å²) in [6.07, 6.45) is 1.26. The van der Waals surface area contributed by atoms with Crippen LogP contribution < -0.4 is 0 Å². The lowest BCUT2D eigenvalue weighted by Crippen LogP contribution is -2.42. The topological polar surface area (TPSA) is 35.5 Å². The van der Waals surface area contributed by atoms with Gasteiger partial charge in [-0.15, -0.1) is 0 Å². The fourth-order valence-electron chi connectivity index (χ4n) is 1.28. The highest BCUT2D eigenvalue weighted by molar-refractivity contribution is 5.86. The van der Waals surface area contributed by atoms with Crippen LogP contribution in [0.1, 0.15) is 20.3 Å². The van der Waals surface area contributed by atoms with Crippen LogP contribution in [0.15, 0.2) is 12.2 Å². The second-order valence-electron chi connectivity index (χ2n) is 3.42. The Bertz CT molecular complexity index is 208. The van der Waals surface area contributed by atoms with Crippen LogP contribution in [-0.4, -0.2) is 25.3 Å². The molecule has 0 saturated carbocycles. The average Bonchev–Trinajstić information content (AvgIpc) is 2.03. The smallest absolute Gasteiger partial charge is 0.333 e. The number of ether oxygens (including phenoxy) is 2. The van der Waals surface area contributed by atoms with E-state index >= 15 is 0 Å². The molecule has 3 heteroatoms. The maximum absolute atomic E-state index is 11.0. The van der Waals surface area contributed by atoms with Gasteiger partial charge in [-0.25, -0.2) is 4.79 Å². The molecule has 1 aliphatic rings. The zero-order chi connectivity index (χ0) is 9.84. The molecule has 0 bridgehead atoms. The van der Waals surface area contributed by atoms with Crippen LogP contribution in [0.25, 0.3) is 0 Å². The number of carbonyl (C=O) groups excluding carboxylic acids is 1. The summed E-state index contributed by atoms with van der Waals surface area (Å²) >= 11 is 0. The molecule has 0 aromatic carbocycles. The van der Waals surface area contributed by atoms with Gasteiger partial charge in [-0.05, 0) is 13.3 Å². The molecule has 0 aromatic rings. The first-order chi connectivity index (χ1) is 6.15. The second kappa shape index (κ2) is 4.42. The minimum Gasteiger partial charge on any atom is -0.462 e. The summed E-state index contributed by atoms with van der Waals surface area (Å²) in [6, 6.07) is 0. The Morgan fingerprint density at radius 3 is 2.77 bits per heavy atom. The van der Waals surface area contributed by atoms with Crippen LogP contribution in [0.4, 0.5) is 0 Å². The van der Waals surface area contributed by atoms with Crippen molar-refractivity contribution in [3.63, 3.8) is 0 Å². The van der Waals surface area contributed by atoms with Gasteiger partial charge in [0, 0.05) is 11.5 Å². The molecule has 0 aliphatic carbocycles. The maximum Gasteiger partial charge on any atom is 0.333 e. The minimum atomic E-state index is -0.304. The van der Waals surface area contributed by atoms with Crippen LogP contribution in [0.2, 0.25) is 0 Å². The van der Waals surface area contributed by atoms with Crippen molar-refractivity contribution in [1.82, 2.24) is 0 Å². The zero-order valence-corrected chi connectivity index (χ0v) is 8.21. The Labute approximate surface area is 78.7 Å².